The van der Waals surface area contributed by atoms with Gasteiger partial charge in [-0.25, -0.2) is 4.98 Å². The molecule has 0 unspecified atom stereocenters. The van der Waals surface area contributed by atoms with Crippen molar-refractivity contribution in [2.24, 2.45) is 0 Å². The minimum Gasteiger partial charge on any atom is -0.350 e. The SMILES string of the molecule is C[C@@H](C(=O)NC(C)(C)C)N(C)Cc1nc2ccccc2c(=O)[nH]1. The Kier molecular flexibility index (Phi) is 4.85. The van der Waals surface area contributed by atoms with Gasteiger partial charge in [0.2, 0.25) is 5.91 Å². The van der Waals surface area contributed by atoms with Crippen LogP contribution in [0.15, 0.2) is 29.1 Å². The molecule has 2 N–H and O–H groups in total. The van der Waals surface area contributed by atoms with E-state index in [0.717, 1.165) is 0 Å². The number of aromatic amines is 1. The van der Waals surface area contributed by atoms with Gasteiger partial charge in [0, 0.05) is 5.54 Å². The molecule has 0 aliphatic heterocycles. The minimum atomic E-state index is -0.328. The molecule has 6 heteroatoms. The Morgan fingerprint density at radius 3 is 2.65 bits per heavy atom. The molecule has 2 aromatic rings. The van der Waals surface area contributed by atoms with E-state index in [1.54, 1.807) is 6.07 Å². The van der Waals surface area contributed by atoms with Crippen molar-refractivity contribution in [2.45, 2.75) is 45.8 Å². The summed E-state index contributed by atoms with van der Waals surface area (Å²) in [7, 11) is 1.84. The molecule has 0 radical (unpaired) electrons. The van der Waals surface area contributed by atoms with Crippen LogP contribution in [0.3, 0.4) is 0 Å². The van der Waals surface area contributed by atoms with E-state index in [1.807, 2.05) is 57.8 Å². The number of para-hydroxylation sites is 1. The molecule has 0 fully saturated rings. The topological polar surface area (TPSA) is 78.1 Å². The average Bonchev–Trinajstić information content (AvgIpc) is 2.44. The lowest BCUT2D eigenvalue weighted by molar-refractivity contribution is -0.127. The van der Waals surface area contributed by atoms with Crippen molar-refractivity contribution in [1.29, 1.82) is 0 Å². The van der Waals surface area contributed by atoms with Crippen LogP contribution in [0.4, 0.5) is 0 Å². The van der Waals surface area contributed by atoms with E-state index in [2.05, 4.69) is 15.3 Å². The van der Waals surface area contributed by atoms with Crippen LogP contribution in [0.5, 0.6) is 0 Å². The Hall–Kier alpha value is -2.21. The van der Waals surface area contributed by atoms with Crippen LogP contribution in [0.1, 0.15) is 33.5 Å². The van der Waals surface area contributed by atoms with Crippen molar-refractivity contribution >= 4 is 16.8 Å². The van der Waals surface area contributed by atoms with Gasteiger partial charge in [-0.05, 0) is 46.9 Å². The van der Waals surface area contributed by atoms with Gasteiger partial charge in [0.05, 0.1) is 23.5 Å². The first-order chi connectivity index (χ1) is 10.7. The Balaban J connectivity index is 2.15. The largest absolute Gasteiger partial charge is 0.350 e. The average molecular weight is 316 g/mol. The fourth-order valence-electron chi connectivity index (χ4n) is 2.26. The predicted molar refractivity (Wildman–Crippen MR) is 91.2 cm³/mol. The lowest BCUT2D eigenvalue weighted by Gasteiger charge is -2.28. The number of H-pyrrole nitrogens is 1. The van der Waals surface area contributed by atoms with Gasteiger partial charge in [-0.2, -0.15) is 0 Å². The number of carbonyl (C=O) groups excluding carboxylic acids is 1. The molecule has 124 valence electrons. The zero-order valence-electron chi connectivity index (χ0n) is 14.3. The first-order valence-corrected chi connectivity index (χ1v) is 7.67. The standard InChI is InChI=1S/C17H24N4O2/c1-11(15(22)20-17(2,3)4)21(5)10-14-18-13-9-7-6-8-12(13)16(23)19-14/h6-9,11H,10H2,1-5H3,(H,20,22)(H,18,19,23)/t11-/m0/s1. The zero-order chi connectivity index (χ0) is 17.2. The summed E-state index contributed by atoms with van der Waals surface area (Å²) in [6.07, 6.45) is 0. The summed E-state index contributed by atoms with van der Waals surface area (Å²) >= 11 is 0. The molecule has 2 rings (SSSR count). The van der Waals surface area contributed by atoms with E-state index in [-0.39, 0.29) is 23.0 Å². The molecule has 1 aromatic carbocycles. The molecule has 1 aromatic heterocycles. The summed E-state index contributed by atoms with van der Waals surface area (Å²) in [5.74, 6) is 0.495. The number of likely N-dealkylation sites (N-methyl/N-ethyl adjacent to an activating group) is 1. The van der Waals surface area contributed by atoms with E-state index >= 15 is 0 Å². The monoisotopic (exact) mass is 316 g/mol. The molecular weight excluding hydrogens is 292 g/mol. The number of hydrogen-bond acceptors (Lipinski definition) is 4. The second-order valence-corrected chi connectivity index (χ2v) is 6.86. The number of rotatable bonds is 4. The Labute approximate surface area is 135 Å². The van der Waals surface area contributed by atoms with Gasteiger partial charge in [0.25, 0.3) is 5.56 Å². The second-order valence-electron chi connectivity index (χ2n) is 6.86. The summed E-state index contributed by atoms with van der Waals surface area (Å²) in [5, 5.41) is 3.52. The lowest BCUT2D eigenvalue weighted by Crippen LogP contribution is -2.49. The van der Waals surface area contributed by atoms with Gasteiger partial charge in [0.1, 0.15) is 5.82 Å². The van der Waals surface area contributed by atoms with Crippen molar-refractivity contribution in [2.75, 3.05) is 7.05 Å². The summed E-state index contributed by atoms with van der Waals surface area (Å²) in [6, 6.07) is 6.88. The molecule has 0 aliphatic rings. The molecule has 0 saturated carbocycles. The van der Waals surface area contributed by atoms with Crippen molar-refractivity contribution in [1.82, 2.24) is 20.2 Å². The molecule has 0 aliphatic carbocycles. The van der Waals surface area contributed by atoms with Crippen LogP contribution in [0.2, 0.25) is 0 Å². The molecule has 0 saturated heterocycles. The van der Waals surface area contributed by atoms with Crippen LogP contribution in [0.25, 0.3) is 10.9 Å². The highest BCUT2D eigenvalue weighted by atomic mass is 16.2. The Morgan fingerprint density at radius 1 is 1.35 bits per heavy atom. The summed E-state index contributed by atoms with van der Waals surface area (Å²) < 4.78 is 0. The maximum Gasteiger partial charge on any atom is 0.258 e. The third-order valence-electron chi connectivity index (χ3n) is 3.60. The molecule has 1 atom stereocenters. The highest BCUT2D eigenvalue weighted by Crippen LogP contribution is 2.09. The highest BCUT2D eigenvalue weighted by Gasteiger charge is 2.23. The number of benzene rings is 1. The molecule has 6 nitrogen and oxygen atoms in total. The zero-order valence-corrected chi connectivity index (χ0v) is 14.3. The van der Waals surface area contributed by atoms with Crippen molar-refractivity contribution in [3.8, 4) is 0 Å². The van der Waals surface area contributed by atoms with Crippen molar-refractivity contribution in [3.05, 3.63) is 40.4 Å². The first-order valence-electron chi connectivity index (χ1n) is 7.67. The van der Waals surface area contributed by atoms with Crippen molar-refractivity contribution in [3.63, 3.8) is 0 Å². The van der Waals surface area contributed by atoms with Crippen LogP contribution < -0.4 is 10.9 Å². The quantitative estimate of drug-likeness (QED) is 0.899. The van der Waals surface area contributed by atoms with Crippen molar-refractivity contribution < 1.29 is 4.79 Å². The smallest absolute Gasteiger partial charge is 0.258 e. The highest BCUT2D eigenvalue weighted by molar-refractivity contribution is 5.82. The van der Waals surface area contributed by atoms with Gasteiger partial charge >= 0.3 is 0 Å². The third-order valence-corrected chi connectivity index (χ3v) is 3.60. The van der Waals surface area contributed by atoms with E-state index in [0.29, 0.717) is 23.3 Å². The molecule has 1 amide bonds. The number of aromatic nitrogens is 2. The van der Waals surface area contributed by atoms with Crippen LogP contribution in [0, 0.1) is 0 Å². The molecular formula is C17H24N4O2. The molecule has 23 heavy (non-hydrogen) atoms. The normalized spacial score (nSPS) is 13.3. The fraction of sp³-hybridized carbons (Fsp3) is 0.471. The summed E-state index contributed by atoms with van der Waals surface area (Å²) in [4.78, 5) is 33.4. The maximum absolute atomic E-state index is 12.2. The summed E-state index contributed by atoms with van der Waals surface area (Å²) in [6.45, 7) is 8.05. The maximum atomic E-state index is 12.2. The third kappa shape index (κ3) is 4.39. The Bertz CT molecular complexity index is 761. The number of nitrogens with zero attached hydrogens (tertiary/aromatic N) is 2. The van der Waals surface area contributed by atoms with Crippen LogP contribution >= 0.6 is 0 Å². The minimum absolute atomic E-state index is 0.0527. The fourth-order valence-corrected chi connectivity index (χ4v) is 2.26. The van der Waals surface area contributed by atoms with E-state index < -0.39 is 0 Å². The van der Waals surface area contributed by atoms with E-state index in [9.17, 15) is 9.59 Å². The molecule has 0 bridgehead atoms. The van der Waals surface area contributed by atoms with Gasteiger partial charge in [0.15, 0.2) is 0 Å². The molecule has 1 heterocycles. The molecule has 0 spiro atoms. The van der Waals surface area contributed by atoms with Gasteiger partial charge in [-0.1, -0.05) is 12.1 Å². The lowest BCUT2D eigenvalue weighted by atomic mass is 10.1. The number of amides is 1. The van der Waals surface area contributed by atoms with E-state index in [1.165, 1.54) is 0 Å². The van der Waals surface area contributed by atoms with E-state index in [4.69, 9.17) is 0 Å². The van der Waals surface area contributed by atoms with Crippen LogP contribution in [-0.4, -0.2) is 39.4 Å². The summed E-state index contributed by atoms with van der Waals surface area (Å²) in [5.41, 5.74) is 0.221. The Morgan fingerprint density at radius 2 is 2.00 bits per heavy atom. The first kappa shape index (κ1) is 17.1. The number of hydrogen-bond donors (Lipinski definition) is 2. The van der Waals surface area contributed by atoms with Gasteiger partial charge < -0.3 is 10.3 Å². The second kappa shape index (κ2) is 6.50. The number of fused-ring (bicyclic) bond motifs is 1. The number of carbonyl (C=O) groups is 1. The van der Waals surface area contributed by atoms with Gasteiger partial charge in [-0.3, -0.25) is 14.5 Å². The van der Waals surface area contributed by atoms with Gasteiger partial charge in [-0.15, -0.1) is 0 Å². The predicted octanol–water partition coefficient (Wildman–Crippen LogP) is 1.66. The number of nitrogens with one attached hydrogen (secondary N) is 2. The van der Waals surface area contributed by atoms with Crippen LogP contribution in [-0.2, 0) is 11.3 Å².